The van der Waals surface area contributed by atoms with Crippen molar-refractivity contribution in [3.05, 3.63) is 70.3 Å². The molecule has 0 saturated heterocycles. The summed E-state index contributed by atoms with van der Waals surface area (Å²) in [6, 6.07) is 11.6. The van der Waals surface area contributed by atoms with Gasteiger partial charge in [-0.05, 0) is 49.3 Å². The molecule has 0 spiro atoms. The van der Waals surface area contributed by atoms with E-state index in [4.69, 9.17) is 14.2 Å². The summed E-state index contributed by atoms with van der Waals surface area (Å²) >= 11 is 0. The van der Waals surface area contributed by atoms with Crippen LogP contribution < -0.4 is 9.47 Å². The van der Waals surface area contributed by atoms with Gasteiger partial charge in [-0.3, -0.25) is 0 Å². The van der Waals surface area contributed by atoms with Crippen molar-refractivity contribution in [1.82, 2.24) is 0 Å². The molecule has 0 N–H and O–H groups in total. The SMILES string of the molecule is Cc1ccc(C2=C/C(=C/c3ccc4c(c3)OCO4)C(=O)O2)c(C)c1. The van der Waals surface area contributed by atoms with E-state index in [1.54, 1.807) is 12.2 Å². The molecule has 2 aromatic rings. The minimum Gasteiger partial charge on any atom is -0.454 e. The van der Waals surface area contributed by atoms with E-state index in [0.29, 0.717) is 17.1 Å². The smallest absolute Gasteiger partial charge is 0.343 e. The van der Waals surface area contributed by atoms with Crippen molar-refractivity contribution in [1.29, 1.82) is 0 Å². The van der Waals surface area contributed by atoms with Crippen LogP contribution in [0.15, 0.2) is 48.0 Å². The lowest BCUT2D eigenvalue weighted by molar-refractivity contribution is -0.130. The van der Waals surface area contributed by atoms with E-state index in [-0.39, 0.29) is 12.8 Å². The number of carbonyl (C=O) groups is 1. The van der Waals surface area contributed by atoms with Gasteiger partial charge < -0.3 is 14.2 Å². The monoisotopic (exact) mass is 320 g/mol. The van der Waals surface area contributed by atoms with Crippen molar-refractivity contribution < 1.29 is 19.0 Å². The predicted molar refractivity (Wildman–Crippen MR) is 90.5 cm³/mol. The lowest BCUT2D eigenvalue weighted by Gasteiger charge is -2.06. The fourth-order valence-electron chi connectivity index (χ4n) is 2.89. The standard InChI is InChI=1S/C20H16O4/c1-12-3-5-16(13(2)7-12)18-10-15(20(21)24-18)8-14-4-6-17-19(9-14)23-11-22-17/h3-10H,11H2,1-2H3/b15-8-. The average molecular weight is 320 g/mol. The maximum absolute atomic E-state index is 12.2. The number of hydrogen-bond acceptors (Lipinski definition) is 4. The molecule has 2 aromatic carbocycles. The van der Waals surface area contributed by atoms with Crippen LogP contribution >= 0.6 is 0 Å². The van der Waals surface area contributed by atoms with Gasteiger partial charge in [-0.15, -0.1) is 0 Å². The lowest BCUT2D eigenvalue weighted by Crippen LogP contribution is -1.98. The molecule has 0 bridgehead atoms. The van der Waals surface area contributed by atoms with Crippen molar-refractivity contribution in [2.45, 2.75) is 13.8 Å². The van der Waals surface area contributed by atoms with E-state index < -0.39 is 0 Å². The van der Waals surface area contributed by atoms with Crippen LogP contribution in [-0.2, 0) is 9.53 Å². The fraction of sp³-hybridized carbons (Fsp3) is 0.150. The van der Waals surface area contributed by atoms with Crippen LogP contribution in [0.1, 0.15) is 22.3 Å². The summed E-state index contributed by atoms with van der Waals surface area (Å²) in [6.07, 6.45) is 3.57. The van der Waals surface area contributed by atoms with Crippen molar-refractivity contribution >= 4 is 17.8 Å². The zero-order valence-corrected chi connectivity index (χ0v) is 13.5. The Balaban J connectivity index is 1.68. The molecule has 120 valence electrons. The highest BCUT2D eigenvalue weighted by Gasteiger charge is 2.23. The van der Waals surface area contributed by atoms with E-state index in [1.165, 1.54) is 5.56 Å². The number of hydrogen-bond donors (Lipinski definition) is 0. The van der Waals surface area contributed by atoms with E-state index in [9.17, 15) is 4.79 Å². The molecule has 4 heteroatoms. The van der Waals surface area contributed by atoms with E-state index in [0.717, 1.165) is 22.4 Å². The molecule has 0 fully saturated rings. The van der Waals surface area contributed by atoms with Crippen LogP contribution in [0.5, 0.6) is 11.5 Å². The number of carbonyl (C=O) groups excluding carboxylic acids is 1. The number of ether oxygens (including phenoxy) is 3. The van der Waals surface area contributed by atoms with Crippen molar-refractivity contribution in [3.63, 3.8) is 0 Å². The van der Waals surface area contributed by atoms with Gasteiger partial charge in [0.1, 0.15) is 5.76 Å². The molecule has 4 nitrogen and oxygen atoms in total. The summed E-state index contributed by atoms with van der Waals surface area (Å²) in [5, 5.41) is 0. The van der Waals surface area contributed by atoms with Crippen LogP contribution in [0.4, 0.5) is 0 Å². The van der Waals surface area contributed by atoms with Crippen LogP contribution in [0.25, 0.3) is 11.8 Å². The highest BCUT2D eigenvalue weighted by Crippen LogP contribution is 2.34. The zero-order valence-electron chi connectivity index (χ0n) is 13.5. The molecule has 4 rings (SSSR count). The van der Waals surface area contributed by atoms with Gasteiger partial charge in [0.05, 0.1) is 5.57 Å². The largest absolute Gasteiger partial charge is 0.454 e. The summed E-state index contributed by atoms with van der Waals surface area (Å²) in [7, 11) is 0. The van der Waals surface area contributed by atoms with Gasteiger partial charge in [0.2, 0.25) is 6.79 Å². The Morgan fingerprint density at radius 1 is 1.00 bits per heavy atom. The molecule has 24 heavy (non-hydrogen) atoms. The molecule has 0 radical (unpaired) electrons. The first-order chi connectivity index (χ1) is 11.6. The highest BCUT2D eigenvalue weighted by molar-refractivity contribution is 6.05. The quantitative estimate of drug-likeness (QED) is 0.619. The second-order valence-electron chi connectivity index (χ2n) is 5.93. The molecular weight excluding hydrogens is 304 g/mol. The molecular formula is C20H16O4. The van der Waals surface area contributed by atoms with Gasteiger partial charge in [-0.25, -0.2) is 4.79 Å². The Hall–Kier alpha value is -3.01. The topological polar surface area (TPSA) is 44.8 Å². The molecule has 2 aliphatic heterocycles. The first kappa shape index (κ1) is 14.6. The number of esters is 1. The average Bonchev–Trinajstić information content (AvgIpc) is 3.14. The lowest BCUT2D eigenvalue weighted by atomic mass is 10.0. The molecule has 2 heterocycles. The maximum atomic E-state index is 12.2. The number of aryl methyl sites for hydroxylation is 2. The molecule has 0 saturated carbocycles. The zero-order chi connectivity index (χ0) is 16.7. The summed E-state index contributed by atoms with van der Waals surface area (Å²) < 4.78 is 16.1. The molecule has 2 aliphatic rings. The third kappa shape index (κ3) is 2.56. The van der Waals surface area contributed by atoms with Gasteiger partial charge in [-0.1, -0.05) is 29.8 Å². The maximum Gasteiger partial charge on any atom is 0.343 e. The van der Waals surface area contributed by atoms with E-state index >= 15 is 0 Å². The highest BCUT2D eigenvalue weighted by atomic mass is 16.7. The number of rotatable bonds is 2. The van der Waals surface area contributed by atoms with Crippen LogP contribution in [-0.4, -0.2) is 12.8 Å². The number of cyclic esters (lactones) is 1. The predicted octanol–water partition coefficient (Wildman–Crippen LogP) is 4.01. The third-order valence-electron chi connectivity index (χ3n) is 4.09. The number of fused-ring (bicyclic) bond motifs is 1. The van der Waals surface area contributed by atoms with E-state index in [2.05, 4.69) is 6.07 Å². The summed E-state index contributed by atoms with van der Waals surface area (Å²) in [4.78, 5) is 12.2. The van der Waals surface area contributed by atoms with Crippen molar-refractivity contribution in [2.24, 2.45) is 0 Å². The van der Waals surface area contributed by atoms with E-state index in [1.807, 2.05) is 44.2 Å². The van der Waals surface area contributed by atoms with Gasteiger partial charge in [0.25, 0.3) is 0 Å². The summed E-state index contributed by atoms with van der Waals surface area (Å²) in [5.74, 6) is 1.65. The fourth-order valence-corrected chi connectivity index (χ4v) is 2.89. The minimum absolute atomic E-state index is 0.230. The molecule has 0 aromatic heterocycles. The molecule has 0 unspecified atom stereocenters. The number of benzene rings is 2. The Kier molecular flexibility index (Phi) is 3.38. The van der Waals surface area contributed by atoms with Crippen molar-refractivity contribution in [3.8, 4) is 11.5 Å². The minimum atomic E-state index is -0.345. The van der Waals surface area contributed by atoms with Crippen LogP contribution in [0.3, 0.4) is 0 Å². The van der Waals surface area contributed by atoms with Gasteiger partial charge in [0, 0.05) is 5.56 Å². The first-order valence-electron chi connectivity index (χ1n) is 7.73. The molecule has 0 atom stereocenters. The Morgan fingerprint density at radius 2 is 1.83 bits per heavy atom. The Labute approximate surface area is 140 Å². The Bertz CT molecular complexity index is 906. The van der Waals surface area contributed by atoms with Crippen LogP contribution in [0, 0.1) is 13.8 Å². The van der Waals surface area contributed by atoms with Crippen LogP contribution in [0.2, 0.25) is 0 Å². The second-order valence-corrected chi connectivity index (χ2v) is 5.93. The third-order valence-corrected chi connectivity index (χ3v) is 4.09. The first-order valence-corrected chi connectivity index (χ1v) is 7.73. The van der Waals surface area contributed by atoms with Crippen molar-refractivity contribution in [2.75, 3.05) is 6.79 Å². The molecule has 0 aliphatic carbocycles. The second kappa shape index (κ2) is 5.57. The van der Waals surface area contributed by atoms with Gasteiger partial charge in [0.15, 0.2) is 11.5 Å². The van der Waals surface area contributed by atoms with Gasteiger partial charge in [-0.2, -0.15) is 0 Å². The molecule has 0 amide bonds. The normalized spacial score (nSPS) is 17.2. The van der Waals surface area contributed by atoms with Gasteiger partial charge >= 0.3 is 5.97 Å². The summed E-state index contributed by atoms with van der Waals surface area (Å²) in [5.41, 5.74) is 4.58. The Morgan fingerprint density at radius 3 is 2.67 bits per heavy atom. The summed E-state index contributed by atoms with van der Waals surface area (Å²) in [6.45, 7) is 4.28.